The van der Waals surface area contributed by atoms with Gasteiger partial charge >= 0.3 is 5.97 Å². The molecule has 0 saturated carbocycles. The molecule has 1 atom stereocenters. The molecule has 0 radical (unpaired) electrons. The van der Waals surface area contributed by atoms with Gasteiger partial charge in [-0.05, 0) is 40.5 Å². The molecule has 1 aromatic rings. The third-order valence-electron chi connectivity index (χ3n) is 2.77. The van der Waals surface area contributed by atoms with E-state index in [1.54, 1.807) is 6.07 Å². The van der Waals surface area contributed by atoms with E-state index < -0.39 is 5.97 Å². The lowest BCUT2D eigenvalue weighted by atomic mass is 10.1. The highest BCUT2D eigenvalue weighted by molar-refractivity contribution is 9.10. The summed E-state index contributed by atoms with van der Waals surface area (Å²) in [4.78, 5) is 22.7. The highest BCUT2D eigenvalue weighted by Gasteiger charge is 2.24. The van der Waals surface area contributed by atoms with Gasteiger partial charge in [-0.1, -0.05) is 0 Å². The molecule has 1 heterocycles. The van der Waals surface area contributed by atoms with Crippen LogP contribution < -0.4 is 5.32 Å². The number of carboxylic acid groups (broad SMARTS) is 1. The van der Waals surface area contributed by atoms with Crippen molar-refractivity contribution in [3.05, 3.63) is 28.2 Å². The maximum absolute atomic E-state index is 11.9. The van der Waals surface area contributed by atoms with Gasteiger partial charge < -0.3 is 15.2 Å². The van der Waals surface area contributed by atoms with Crippen molar-refractivity contribution in [2.24, 2.45) is 5.92 Å². The van der Waals surface area contributed by atoms with E-state index in [1.165, 1.54) is 12.1 Å². The summed E-state index contributed by atoms with van der Waals surface area (Å²) in [6, 6.07) is 4.51. The second kappa shape index (κ2) is 5.49. The SMILES string of the molecule is O=C(O)c1ccc(Br)c(NC(=O)C2CCOC2)c1. The summed E-state index contributed by atoms with van der Waals surface area (Å²) in [6.07, 6.45) is 0.697. The van der Waals surface area contributed by atoms with Gasteiger partial charge in [-0.15, -0.1) is 0 Å². The van der Waals surface area contributed by atoms with E-state index in [0.29, 0.717) is 29.8 Å². The number of carbonyl (C=O) groups excluding carboxylic acids is 1. The fourth-order valence-electron chi connectivity index (χ4n) is 1.73. The molecule has 0 spiro atoms. The van der Waals surface area contributed by atoms with Crippen LogP contribution in [-0.2, 0) is 9.53 Å². The van der Waals surface area contributed by atoms with Crippen LogP contribution in [0.25, 0.3) is 0 Å². The average Bonchev–Trinajstić information content (AvgIpc) is 2.85. The highest BCUT2D eigenvalue weighted by Crippen LogP contribution is 2.25. The summed E-state index contributed by atoms with van der Waals surface area (Å²) in [6.45, 7) is 1.01. The van der Waals surface area contributed by atoms with Crippen LogP contribution in [0.2, 0.25) is 0 Å². The van der Waals surface area contributed by atoms with Gasteiger partial charge in [-0.3, -0.25) is 4.79 Å². The zero-order valence-corrected chi connectivity index (χ0v) is 11.1. The summed E-state index contributed by atoms with van der Waals surface area (Å²) >= 11 is 3.28. The number of amides is 1. The summed E-state index contributed by atoms with van der Waals surface area (Å²) in [7, 11) is 0. The quantitative estimate of drug-likeness (QED) is 0.896. The molecule has 1 aliphatic rings. The lowest BCUT2D eigenvalue weighted by molar-refractivity contribution is -0.119. The molecule has 1 saturated heterocycles. The standard InChI is InChI=1S/C12H12BrNO4/c13-9-2-1-7(12(16)17)5-10(9)14-11(15)8-3-4-18-6-8/h1-2,5,8H,3-4,6H2,(H,14,15)(H,16,17). The third-order valence-corrected chi connectivity index (χ3v) is 3.46. The Kier molecular flexibility index (Phi) is 3.98. The molecule has 18 heavy (non-hydrogen) atoms. The van der Waals surface area contributed by atoms with E-state index in [4.69, 9.17) is 9.84 Å². The van der Waals surface area contributed by atoms with Crippen molar-refractivity contribution in [3.8, 4) is 0 Å². The second-order valence-corrected chi connectivity index (χ2v) is 4.90. The molecule has 1 amide bonds. The van der Waals surface area contributed by atoms with Gasteiger partial charge in [0.2, 0.25) is 5.91 Å². The Morgan fingerprint density at radius 1 is 1.44 bits per heavy atom. The van der Waals surface area contributed by atoms with E-state index in [1.807, 2.05) is 0 Å². The number of nitrogens with one attached hydrogen (secondary N) is 1. The fourth-order valence-corrected chi connectivity index (χ4v) is 2.08. The van der Waals surface area contributed by atoms with Crippen molar-refractivity contribution >= 4 is 33.5 Å². The highest BCUT2D eigenvalue weighted by atomic mass is 79.9. The summed E-state index contributed by atoms with van der Waals surface area (Å²) in [5, 5.41) is 11.6. The van der Waals surface area contributed by atoms with Crippen molar-refractivity contribution in [2.45, 2.75) is 6.42 Å². The maximum atomic E-state index is 11.9. The predicted octanol–water partition coefficient (Wildman–Crippen LogP) is 2.12. The number of anilines is 1. The molecule has 0 aliphatic carbocycles. The Morgan fingerprint density at radius 2 is 2.22 bits per heavy atom. The fraction of sp³-hybridized carbons (Fsp3) is 0.333. The largest absolute Gasteiger partial charge is 0.478 e. The molecular weight excluding hydrogens is 302 g/mol. The van der Waals surface area contributed by atoms with Gasteiger partial charge in [0.25, 0.3) is 0 Å². The molecule has 2 N–H and O–H groups in total. The molecule has 2 rings (SSSR count). The minimum Gasteiger partial charge on any atom is -0.478 e. The van der Waals surface area contributed by atoms with E-state index in [0.717, 1.165) is 0 Å². The third kappa shape index (κ3) is 2.88. The van der Waals surface area contributed by atoms with Crippen LogP contribution in [0.3, 0.4) is 0 Å². The molecule has 1 fully saturated rings. The number of ether oxygens (including phenoxy) is 1. The van der Waals surface area contributed by atoms with Gasteiger partial charge in [0.1, 0.15) is 0 Å². The Bertz CT molecular complexity index is 483. The first-order chi connectivity index (χ1) is 8.58. The normalized spacial score (nSPS) is 18.6. The van der Waals surface area contributed by atoms with Gasteiger partial charge in [-0.25, -0.2) is 4.79 Å². The van der Waals surface area contributed by atoms with Crippen LogP contribution in [0.1, 0.15) is 16.8 Å². The number of carbonyl (C=O) groups is 2. The van der Waals surface area contributed by atoms with Crippen LogP contribution in [0.4, 0.5) is 5.69 Å². The lowest BCUT2D eigenvalue weighted by Crippen LogP contribution is -2.23. The van der Waals surface area contributed by atoms with Crippen molar-refractivity contribution in [3.63, 3.8) is 0 Å². The van der Waals surface area contributed by atoms with Crippen LogP contribution in [0, 0.1) is 5.92 Å². The van der Waals surface area contributed by atoms with Gasteiger partial charge in [0, 0.05) is 11.1 Å². The number of benzene rings is 1. The van der Waals surface area contributed by atoms with Crippen LogP contribution in [0.15, 0.2) is 22.7 Å². The smallest absolute Gasteiger partial charge is 0.335 e. The van der Waals surface area contributed by atoms with Crippen LogP contribution >= 0.6 is 15.9 Å². The molecule has 5 nitrogen and oxygen atoms in total. The van der Waals surface area contributed by atoms with Crippen LogP contribution in [0.5, 0.6) is 0 Å². The minimum atomic E-state index is -1.03. The molecule has 1 aliphatic heterocycles. The number of halogens is 1. The topological polar surface area (TPSA) is 75.6 Å². The number of hydrogen-bond acceptors (Lipinski definition) is 3. The van der Waals surface area contributed by atoms with Crippen molar-refractivity contribution in [2.75, 3.05) is 18.5 Å². The molecule has 1 aromatic carbocycles. The maximum Gasteiger partial charge on any atom is 0.335 e. The van der Waals surface area contributed by atoms with E-state index in [9.17, 15) is 9.59 Å². The summed E-state index contributed by atoms with van der Waals surface area (Å²) in [5.74, 6) is -1.33. The molecule has 96 valence electrons. The Balaban J connectivity index is 2.14. The number of carboxylic acids is 1. The van der Waals surface area contributed by atoms with Crippen molar-refractivity contribution in [1.82, 2.24) is 0 Å². The monoisotopic (exact) mass is 313 g/mol. The summed E-state index contributed by atoms with van der Waals surface area (Å²) < 4.78 is 5.79. The Morgan fingerprint density at radius 3 is 2.83 bits per heavy atom. The first-order valence-electron chi connectivity index (χ1n) is 5.49. The average molecular weight is 314 g/mol. The van der Waals surface area contributed by atoms with Gasteiger partial charge in [0.05, 0.1) is 23.8 Å². The second-order valence-electron chi connectivity index (χ2n) is 4.05. The predicted molar refractivity (Wildman–Crippen MR) is 68.7 cm³/mol. The number of aromatic carboxylic acids is 1. The molecular formula is C12H12BrNO4. The Labute approximate surface area is 112 Å². The number of rotatable bonds is 3. The van der Waals surface area contributed by atoms with E-state index in [2.05, 4.69) is 21.2 Å². The zero-order chi connectivity index (χ0) is 13.1. The lowest BCUT2D eigenvalue weighted by Gasteiger charge is -2.11. The first kappa shape index (κ1) is 13.0. The van der Waals surface area contributed by atoms with Gasteiger partial charge in [-0.2, -0.15) is 0 Å². The first-order valence-corrected chi connectivity index (χ1v) is 6.28. The van der Waals surface area contributed by atoms with E-state index >= 15 is 0 Å². The summed E-state index contributed by atoms with van der Waals surface area (Å²) in [5.41, 5.74) is 0.600. The van der Waals surface area contributed by atoms with Crippen molar-refractivity contribution < 1.29 is 19.4 Å². The van der Waals surface area contributed by atoms with Gasteiger partial charge in [0.15, 0.2) is 0 Å². The molecule has 0 bridgehead atoms. The van der Waals surface area contributed by atoms with Crippen molar-refractivity contribution in [1.29, 1.82) is 0 Å². The zero-order valence-electron chi connectivity index (χ0n) is 9.48. The molecule has 6 heteroatoms. The van der Waals surface area contributed by atoms with E-state index in [-0.39, 0.29) is 17.4 Å². The number of hydrogen-bond donors (Lipinski definition) is 2. The Hall–Kier alpha value is -1.40. The van der Waals surface area contributed by atoms with Crippen LogP contribution in [-0.4, -0.2) is 30.2 Å². The molecule has 1 unspecified atom stereocenters. The molecule has 0 aromatic heterocycles. The minimum absolute atomic E-state index is 0.135.